The quantitative estimate of drug-likeness (QED) is 0.405. The summed E-state index contributed by atoms with van der Waals surface area (Å²) in [5.74, 6) is 5.78. The molecule has 4 nitrogen and oxygen atoms in total. The van der Waals surface area contributed by atoms with Gasteiger partial charge < -0.3 is 0 Å². The van der Waals surface area contributed by atoms with E-state index in [4.69, 9.17) is 5.84 Å². The van der Waals surface area contributed by atoms with Crippen LogP contribution in [0.1, 0.15) is 52.4 Å². The molecule has 1 saturated carbocycles. The van der Waals surface area contributed by atoms with Crippen LogP contribution in [-0.2, 0) is 4.79 Å². The Kier molecular flexibility index (Phi) is 6.52. The molecule has 0 atom stereocenters. The summed E-state index contributed by atoms with van der Waals surface area (Å²) >= 11 is 0. The summed E-state index contributed by atoms with van der Waals surface area (Å²) in [6, 6.07) is 0.694. The van der Waals surface area contributed by atoms with Gasteiger partial charge in [0.1, 0.15) is 0 Å². The van der Waals surface area contributed by atoms with Crippen LogP contribution in [-0.4, -0.2) is 29.9 Å². The fraction of sp³-hybridized carbons (Fsp3) is 0.923. The van der Waals surface area contributed by atoms with E-state index < -0.39 is 0 Å². The summed E-state index contributed by atoms with van der Waals surface area (Å²) in [5.41, 5.74) is 2.21. The van der Waals surface area contributed by atoms with Gasteiger partial charge in [-0.2, -0.15) is 0 Å². The van der Waals surface area contributed by atoms with Gasteiger partial charge in [0.05, 0.1) is 0 Å². The van der Waals surface area contributed by atoms with Crippen LogP contribution in [0.5, 0.6) is 0 Å². The van der Waals surface area contributed by atoms with Crippen LogP contribution in [0.4, 0.5) is 0 Å². The van der Waals surface area contributed by atoms with E-state index in [2.05, 4.69) is 24.2 Å². The van der Waals surface area contributed by atoms with Crippen molar-refractivity contribution < 1.29 is 4.79 Å². The van der Waals surface area contributed by atoms with Crippen LogP contribution >= 0.6 is 0 Å². The number of nitrogens with two attached hydrogens (primary N) is 1. The number of hydrogen-bond acceptors (Lipinski definition) is 3. The Bertz CT molecular complexity index is 225. The number of hydrogen-bond donors (Lipinski definition) is 2. The molecule has 1 aliphatic carbocycles. The smallest absolute Gasteiger partial charge is 0.235 e. The predicted octanol–water partition coefficient (Wildman–Crippen LogP) is 1.66. The predicted molar refractivity (Wildman–Crippen MR) is 70.2 cm³/mol. The summed E-state index contributed by atoms with van der Waals surface area (Å²) in [5, 5.41) is 0. The number of nitrogens with one attached hydrogen (secondary N) is 1. The second-order valence-electron chi connectivity index (χ2n) is 5.47. The average molecular weight is 241 g/mol. The largest absolute Gasteiger partial charge is 0.300 e. The second kappa shape index (κ2) is 7.67. The van der Waals surface area contributed by atoms with Gasteiger partial charge in [-0.3, -0.25) is 15.1 Å². The molecule has 100 valence electrons. The van der Waals surface area contributed by atoms with E-state index in [1.54, 1.807) is 0 Å². The van der Waals surface area contributed by atoms with E-state index >= 15 is 0 Å². The van der Waals surface area contributed by atoms with Crippen molar-refractivity contribution in [2.75, 3.05) is 13.1 Å². The van der Waals surface area contributed by atoms with Crippen molar-refractivity contribution in [2.45, 2.75) is 58.4 Å². The molecule has 4 heteroatoms. The Morgan fingerprint density at radius 2 is 2.00 bits per heavy atom. The molecule has 0 aliphatic heterocycles. The molecule has 0 aromatic carbocycles. The maximum atomic E-state index is 11.2. The lowest BCUT2D eigenvalue weighted by molar-refractivity contribution is -0.121. The molecule has 0 aromatic heterocycles. The second-order valence-corrected chi connectivity index (χ2v) is 5.47. The first-order chi connectivity index (χ1) is 8.13. The number of carbonyl (C=O) groups excluding carboxylic acids is 1. The average Bonchev–Trinajstić information content (AvgIpc) is 2.81. The molecular weight excluding hydrogens is 214 g/mol. The number of amides is 1. The zero-order valence-electron chi connectivity index (χ0n) is 11.2. The Morgan fingerprint density at radius 3 is 2.53 bits per heavy atom. The minimum absolute atomic E-state index is 0.0578. The van der Waals surface area contributed by atoms with Crippen molar-refractivity contribution in [3.05, 3.63) is 0 Å². The van der Waals surface area contributed by atoms with Gasteiger partial charge in [-0.1, -0.05) is 26.7 Å². The van der Waals surface area contributed by atoms with Crippen molar-refractivity contribution in [1.29, 1.82) is 0 Å². The highest BCUT2D eigenvalue weighted by molar-refractivity contribution is 5.75. The summed E-state index contributed by atoms with van der Waals surface area (Å²) in [4.78, 5) is 13.7. The Labute approximate surface area is 105 Å². The molecule has 1 amide bonds. The highest BCUT2D eigenvalue weighted by atomic mass is 16.2. The van der Waals surface area contributed by atoms with Gasteiger partial charge in [-0.15, -0.1) is 0 Å². The van der Waals surface area contributed by atoms with E-state index in [0.29, 0.717) is 12.5 Å². The van der Waals surface area contributed by atoms with Crippen molar-refractivity contribution in [1.82, 2.24) is 10.3 Å². The third-order valence-corrected chi connectivity index (χ3v) is 3.62. The van der Waals surface area contributed by atoms with Crippen molar-refractivity contribution in [3.63, 3.8) is 0 Å². The molecule has 1 aliphatic rings. The van der Waals surface area contributed by atoms with Gasteiger partial charge >= 0.3 is 0 Å². The third kappa shape index (κ3) is 5.50. The zero-order valence-corrected chi connectivity index (χ0v) is 11.2. The SMILES string of the molecule is CC(C)CCN(CCC(=O)NN)C1CCCC1. The van der Waals surface area contributed by atoms with Crippen LogP contribution < -0.4 is 11.3 Å². The molecule has 0 unspecified atom stereocenters. The normalized spacial score (nSPS) is 17.0. The van der Waals surface area contributed by atoms with Crippen molar-refractivity contribution in [3.8, 4) is 0 Å². The molecular formula is C13H27N3O. The number of hydrazine groups is 1. The number of nitrogens with zero attached hydrogens (tertiary/aromatic N) is 1. The maximum Gasteiger partial charge on any atom is 0.235 e. The number of rotatable bonds is 7. The lowest BCUT2D eigenvalue weighted by atomic mass is 10.1. The topological polar surface area (TPSA) is 58.4 Å². The highest BCUT2D eigenvalue weighted by Crippen LogP contribution is 2.24. The summed E-state index contributed by atoms with van der Waals surface area (Å²) in [7, 11) is 0. The Morgan fingerprint density at radius 1 is 1.35 bits per heavy atom. The van der Waals surface area contributed by atoms with Crippen LogP contribution in [0, 0.1) is 5.92 Å². The molecule has 0 bridgehead atoms. The van der Waals surface area contributed by atoms with Gasteiger partial charge in [0.2, 0.25) is 5.91 Å². The third-order valence-electron chi connectivity index (χ3n) is 3.62. The molecule has 1 fully saturated rings. The Balaban J connectivity index is 2.37. The van der Waals surface area contributed by atoms with Crippen LogP contribution in [0.15, 0.2) is 0 Å². The molecule has 1 rings (SSSR count). The molecule has 0 heterocycles. The lowest BCUT2D eigenvalue weighted by Crippen LogP contribution is -2.39. The van der Waals surface area contributed by atoms with Crippen molar-refractivity contribution >= 4 is 5.91 Å². The fourth-order valence-electron chi connectivity index (χ4n) is 2.49. The van der Waals surface area contributed by atoms with Gasteiger partial charge in [-0.05, 0) is 31.7 Å². The lowest BCUT2D eigenvalue weighted by Gasteiger charge is -2.29. The minimum Gasteiger partial charge on any atom is -0.300 e. The minimum atomic E-state index is -0.0578. The van der Waals surface area contributed by atoms with Crippen LogP contribution in [0.3, 0.4) is 0 Å². The van der Waals surface area contributed by atoms with Gasteiger partial charge in [0, 0.05) is 19.0 Å². The van der Waals surface area contributed by atoms with Crippen LogP contribution in [0.25, 0.3) is 0 Å². The Hall–Kier alpha value is -0.610. The highest BCUT2D eigenvalue weighted by Gasteiger charge is 2.22. The van der Waals surface area contributed by atoms with E-state index in [9.17, 15) is 4.79 Å². The molecule has 0 aromatic rings. The van der Waals surface area contributed by atoms with Gasteiger partial charge in [-0.25, -0.2) is 5.84 Å². The van der Waals surface area contributed by atoms with Gasteiger partial charge in [0.25, 0.3) is 0 Å². The maximum absolute atomic E-state index is 11.2. The first-order valence-electron chi connectivity index (χ1n) is 6.87. The summed E-state index contributed by atoms with van der Waals surface area (Å²) in [6.45, 7) is 6.46. The number of carbonyl (C=O) groups is 1. The van der Waals surface area contributed by atoms with E-state index in [0.717, 1.165) is 19.0 Å². The standard InChI is InChI=1S/C13H27N3O/c1-11(2)7-9-16(10-8-13(17)15-14)12-5-3-4-6-12/h11-12H,3-10,14H2,1-2H3,(H,15,17). The van der Waals surface area contributed by atoms with Gasteiger partial charge in [0.15, 0.2) is 0 Å². The summed E-state index contributed by atoms with van der Waals surface area (Å²) in [6.07, 6.45) is 6.99. The molecule has 0 spiro atoms. The first kappa shape index (κ1) is 14.5. The summed E-state index contributed by atoms with van der Waals surface area (Å²) < 4.78 is 0. The van der Waals surface area contributed by atoms with Crippen LogP contribution in [0.2, 0.25) is 0 Å². The monoisotopic (exact) mass is 241 g/mol. The molecule has 3 N–H and O–H groups in total. The molecule has 17 heavy (non-hydrogen) atoms. The van der Waals surface area contributed by atoms with E-state index in [1.165, 1.54) is 32.1 Å². The van der Waals surface area contributed by atoms with Crippen molar-refractivity contribution in [2.24, 2.45) is 11.8 Å². The zero-order chi connectivity index (χ0) is 12.7. The first-order valence-corrected chi connectivity index (χ1v) is 6.87. The molecule has 0 saturated heterocycles. The van der Waals surface area contributed by atoms with E-state index in [1.807, 2.05) is 0 Å². The fourth-order valence-corrected chi connectivity index (χ4v) is 2.49. The molecule has 0 radical (unpaired) electrons. The van der Waals surface area contributed by atoms with E-state index in [-0.39, 0.29) is 5.91 Å².